The maximum absolute atomic E-state index is 9.14. The average molecular weight is 334 g/mol. The minimum atomic E-state index is 0. The lowest BCUT2D eigenvalue weighted by molar-refractivity contribution is -0.00000455. The fourth-order valence-electron chi connectivity index (χ4n) is 2.25. The Balaban J connectivity index is 0.00000200. The third kappa shape index (κ3) is 5.17. The number of thioether (sulfide) groups is 1. The molecule has 0 aliphatic carbocycles. The summed E-state index contributed by atoms with van der Waals surface area (Å²) in [7, 11) is 0. The number of benzene rings is 1. The highest BCUT2D eigenvalue weighted by Crippen LogP contribution is 2.22. The Kier molecular flexibility index (Phi) is 8.38. The zero-order chi connectivity index (χ0) is 13.5. The molecule has 3 nitrogen and oxygen atoms in total. The second kappa shape index (κ2) is 9.50. The molecule has 1 N–H and O–H groups in total. The van der Waals surface area contributed by atoms with Crippen molar-refractivity contribution in [3.8, 4) is 0 Å². The van der Waals surface area contributed by atoms with Gasteiger partial charge in [-0.3, -0.25) is 0 Å². The van der Waals surface area contributed by atoms with Gasteiger partial charge in [0.1, 0.15) is 5.04 Å². The summed E-state index contributed by atoms with van der Waals surface area (Å²) in [6.07, 6.45) is 3.96. The van der Waals surface area contributed by atoms with Crippen LogP contribution in [0.25, 0.3) is 0 Å². The monoisotopic (exact) mass is 333 g/mol. The van der Waals surface area contributed by atoms with Crippen molar-refractivity contribution in [1.29, 1.82) is 0 Å². The maximum Gasteiger partial charge on any atom is 0.144 e. The van der Waals surface area contributed by atoms with Gasteiger partial charge in [0.15, 0.2) is 0 Å². The van der Waals surface area contributed by atoms with Crippen molar-refractivity contribution in [3.05, 3.63) is 34.9 Å². The molecule has 0 aromatic heterocycles. The minimum absolute atomic E-state index is 0. The van der Waals surface area contributed by atoms with E-state index in [-0.39, 0.29) is 12.4 Å². The SMILES string of the molecule is O/N=C(/SCCN1CCCCC1)c1ccccc1Cl.[Cl-]. The van der Waals surface area contributed by atoms with E-state index in [2.05, 4.69) is 10.1 Å². The van der Waals surface area contributed by atoms with E-state index in [1.165, 1.54) is 32.4 Å². The molecule has 0 amide bonds. The first kappa shape index (κ1) is 17.6. The molecule has 0 spiro atoms. The van der Waals surface area contributed by atoms with E-state index in [1.807, 2.05) is 24.3 Å². The first-order valence-corrected chi connectivity index (χ1v) is 7.99. The molecule has 1 aromatic carbocycles. The molecule has 1 aliphatic heterocycles. The van der Waals surface area contributed by atoms with Crippen molar-refractivity contribution in [2.24, 2.45) is 5.16 Å². The zero-order valence-electron chi connectivity index (χ0n) is 11.3. The fraction of sp³-hybridized carbons (Fsp3) is 0.500. The molecule has 1 heterocycles. The van der Waals surface area contributed by atoms with Gasteiger partial charge in [-0.2, -0.15) is 0 Å². The summed E-state index contributed by atoms with van der Waals surface area (Å²) in [5.74, 6) is 0.921. The summed E-state index contributed by atoms with van der Waals surface area (Å²) < 4.78 is 0. The van der Waals surface area contributed by atoms with Crippen LogP contribution in [-0.4, -0.2) is 40.5 Å². The molecule has 1 aliphatic rings. The van der Waals surface area contributed by atoms with E-state index in [9.17, 15) is 0 Å². The molecule has 0 atom stereocenters. The van der Waals surface area contributed by atoms with Crippen LogP contribution in [-0.2, 0) is 0 Å². The number of likely N-dealkylation sites (tertiary alicyclic amines) is 1. The van der Waals surface area contributed by atoms with Gasteiger partial charge in [-0.05, 0) is 32.0 Å². The van der Waals surface area contributed by atoms with Gasteiger partial charge < -0.3 is 22.5 Å². The number of oxime groups is 1. The molecule has 0 saturated carbocycles. The van der Waals surface area contributed by atoms with Crippen molar-refractivity contribution < 1.29 is 17.6 Å². The van der Waals surface area contributed by atoms with Crippen molar-refractivity contribution in [2.75, 3.05) is 25.4 Å². The highest BCUT2D eigenvalue weighted by atomic mass is 35.5. The van der Waals surface area contributed by atoms with Crippen LogP contribution in [0.1, 0.15) is 24.8 Å². The number of halogens is 2. The third-order valence-electron chi connectivity index (χ3n) is 3.29. The fourth-order valence-corrected chi connectivity index (χ4v) is 3.46. The quantitative estimate of drug-likeness (QED) is 0.381. The zero-order valence-corrected chi connectivity index (χ0v) is 13.6. The Morgan fingerprint density at radius 1 is 1.25 bits per heavy atom. The molecule has 1 aromatic rings. The van der Waals surface area contributed by atoms with Gasteiger partial charge in [0.25, 0.3) is 0 Å². The number of piperidine rings is 1. The molecular weight excluding hydrogens is 315 g/mol. The molecule has 1 saturated heterocycles. The predicted molar refractivity (Wildman–Crippen MR) is 82.5 cm³/mol. The minimum Gasteiger partial charge on any atom is -1.00 e. The summed E-state index contributed by atoms with van der Waals surface area (Å²) in [6.45, 7) is 3.42. The molecule has 0 unspecified atom stereocenters. The predicted octanol–water partition coefficient (Wildman–Crippen LogP) is 0.699. The van der Waals surface area contributed by atoms with E-state index < -0.39 is 0 Å². The molecule has 2 rings (SSSR count). The average Bonchev–Trinajstić information content (AvgIpc) is 2.46. The molecule has 112 valence electrons. The van der Waals surface area contributed by atoms with Crippen LogP contribution in [0.15, 0.2) is 29.4 Å². The molecule has 0 radical (unpaired) electrons. The van der Waals surface area contributed by atoms with E-state index in [0.717, 1.165) is 17.9 Å². The largest absolute Gasteiger partial charge is 1.00 e. The maximum atomic E-state index is 9.14. The van der Waals surface area contributed by atoms with E-state index >= 15 is 0 Å². The molecule has 20 heavy (non-hydrogen) atoms. The summed E-state index contributed by atoms with van der Waals surface area (Å²) in [5.41, 5.74) is 0.801. The Morgan fingerprint density at radius 2 is 1.95 bits per heavy atom. The second-order valence-electron chi connectivity index (χ2n) is 4.64. The van der Waals surface area contributed by atoms with Gasteiger partial charge in [0.05, 0.1) is 5.02 Å². The lowest BCUT2D eigenvalue weighted by Crippen LogP contribution is -3.00. The smallest absolute Gasteiger partial charge is 0.144 e. The first-order valence-electron chi connectivity index (χ1n) is 6.63. The van der Waals surface area contributed by atoms with E-state index in [4.69, 9.17) is 16.8 Å². The standard InChI is InChI=1S/C14H19ClN2OS.ClH/c15-13-7-3-2-6-12(13)14(16-18)19-11-10-17-8-4-1-5-9-17;/h2-3,6-7,18H,1,4-5,8-11H2;1H/p-1/b16-14+;. The number of nitrogens with zero attached hydrogens (tertiary/aromatic N) is 2. The Morgan fingerprint density at radius 3 is 2.60 bits per heavy atom. The highest BCUT2D eigenvalue weighted by Gasteiger charge is 2.12. The summed E-state index contributed by atoms with van der Waals surface area (Å²) in [6, 6.07) is 7.47. The van der Waals surface area contributed by atoms with Crippen LogP contribution >= 0.6 is 23.4 Å². The van der Waals surface area contributed by atoms with E-state index in [1.54, 1.807) is 11.8 Å². The van der Waals surface area contributed by atoms with Gasteiger partial charge in [-0.15, -0.1) is 11.8 Å². The van der Waals surface area contributed by atoms with Crippen LogP contribution in [0.5, 0.6) is 0 Å². The molecule has 1 fully saturated rings. The Bertz CT molecular complexity index is 437. The second-order valence-corrected chi connectivity index (χ2v) is 6.13. The number of rotatable bonds is 4. The van der Waals surface area contributed by atoms with E-state index in [0.29, 0.717) is 10.1 Å². The van der Waals surface area contributed by atoms with Crippen LogP contribution in [0, 0.1) is 0 Å². The van der Waals surface area contributed by atoms with Gasteiger partial charge >= 0.3 is 0 Å². The summed E-state index contributed by atoms with van der Waals surface area (Å²) >= 11 is 7.67. The molecule has 6 heteroatoms. The molecule has 0 bridgehead atoms. The molecular formula is C14H19Cl2N2OS-. The van der Waals surface area contributed by atoms with Crippen molar-refractivity contribution in [3.63, 3.8) is 0 Å². The Hall–Kier alpha value is -0.420. The highest BCUT2D eigenvalue weighted by molar-refractivity contribution is 8.14. The van der Waals surface area contributed by atoms with Crippen LogP contribution in [0.3, 0.4) is 0 Å². The lowest BCUT2D eigenvalue weighted by Gasteiger charge is -2.26. The normalized spacial score (nSPS) is 16.8. The van der Waals surface area contributed by atoms with Crippen LogP contribution < -0.4 is 12.4 Å². The van der Waals surface area contributed by atoms with Crippen LogP contribution in [0.2, 0.25) is 5.02 Å². The topological polar surface area (TPSA) is 35.8 Å². The van der Waals surface area contributed by atoms with Gasteiger partial charge in [0, 0.05) is 17.9 Å². The number of hydrogen-bond donors (Lipinski definition) is 1. The summed E-state index contributed by atoms with van der Waals surface area (Å²) in [4.78, 5) is 2.47. The van der Waals surface area contributed by atoms with Gasteiger partial charge in [-0.1, -0.05) is 41.4 Å². The summed E-state index contributed by atoms with van der Waals surface area (Å²) in [5, 5.41) is 13.7. The van der Waals surface area contributed by atoms with Crippen molar-refractivity contribution in [1.82, 2.24) is 4.90 Å². The third-order valence-corrected chi connectivity index (χ3v) is 4.58. The van der Waals surface area contributed by atoms with Crippen LogP contribution in [0.4, 0.5) is 0 Å². The Labute approximate surface area is 135 Å². The first-order chi connectivity index (χ1) is 9.31. The van der Waals surface area contributed by atoms with Crippen molar-refractivity contribution in [2.45, 2.75) is 19.3 Å². The van der Waals surface area contributed by atoms with Gasteiger partial charge in [-0.25, -0.2) is 0 Å². The number of hydrogen-bond acceptors (Lipinski definition) is 4. The lowest BCUT2D eigenvalue weighted by atomic mass is 10.1. The van der Waals surface area contributed by atoms with Crippen molar-refractivity contribution >= 4 is 28.4 Å². The van der Waals surface area contributed by atoms with Gasteiger partial charge in [0.2, 0.25) is 0 Å².